The summed E-state index contributed by atoms with van der Waals surface area (Å²) in [5.41, 5.74) is 8.45. The summed E-state index contributed by atoms with van der Waals surface area (Å²) in [7, 11) is 1.33. The summed E-state index contributed by atoms with van der Waals surface area (Å²) in [6.07, 6.45) is 11.4. The van der Waals surface area contributed by atoms with Gasteiger partial charge < -0.3 is 34.3 Å². The molecule has 59 heavy (non-hydrogen) atoms. The maximum absolute atomic E-state index is 14.2. The zero-order valence-corrected chi connectivity index (χ0v) is 34.5. The SMILES string of the molecule is C=CCC1=C(c2ccc(-c3ccc(-c4cnc([C@@H]5CCCN5C(=O)[C@@H](C)C5CCOCC5)[nH]4)cc3)cc2)CC([C@@H]2CCCN2C(=O)C(NC(=O)OC)C2CCOCC2)=N1. The Morgan fingerprint density at radius 2 is 1.41 bits per heavy atom. The monoisotopic (exact) mass is 802 g/mol. The van der Waals surface area contributed by atoms with Crippen LogP contribution < -0.4 is 5.32 Å². The van der Waals surface area contributed by atoms with Gasteiger partial charge in [0.15, 0.2) is 0 Å². The lowest BCUT2D eigenvalue weighted by atomic mass is 9.86. The molecule has 4 fully saturated rings. The first-order valence-electron chi connectivity index (χ1n) is 21.6. The Balaban J connectivity index is 0.923. The topological polar surface area (TPSA) is 138 Å². The largest absolute Gasteiger partial charge is 0.453 e. The van der Waals surface area contributed by atoms with Crippen LogP contribution in [0.5, 0.6) is 0 Å². The molecule has 1 aromatic heterocycles. The van der Waals surface area contributed by atoms with Crippen LogP contribution in [0.25, 0.3) is 28.0 Å². The van der Waals surface area contributed by atoms with Crippen molar-refractivity contribution in [1.82, 2.24) is 25.1 Å². The molecule has 312 valence electrons. The highest BCUT2D eigenvalue weighted by Crippen LogP contribution is 2.38. The number of likely N-dealkylation sites (tertiary alicyclic amines) is 2. The number of aromatic nitrogens is 2. The van der Waals surface area contributed by atoms with Crippen molar-refractivity contribution in [2.75, 3.05) is 46.6 Å². The number of carbonyl (C=O) groups excluding carboxylic acids is 3. The standard InChI is InChI=1S/C47H58N6O6/c1-4-7-38-37(28-39(49-38)41-8-5-22-52(41)46(55)43(51-47(56)57-3)36-20-26-59-27-21-36)34-14-10-32(11-15-34)33-12-16-35(17-13-33)40-29-48-44(50-40)42-9-6-23-53(42)45(54)30(2)31-18-24-58-25-19-31/h4,10-17,29-31,36,41-43H,1,5-9,18-28H2,2-3H3,(H,48,50)(H,51,56)/t30-,41-,42-,43?/m0/s1. The number of imidazole rings is 1. The Hall–Kier alpha value is -5.07. The minimum absolute atomic E-state index is 0.00901. The van der Waals surface area contributed by atoms with Crippen molar-refractivity contribution in [2.24, 2.45) is 22.7 Å². The zero-order valence-electron chi connectivity index (χ0n) is 34.5. The molecule has 2 N–H and O–H groups in total. The zero-order chi connectivity index (χ0) is 40.9. The van der Waals surface area contributed by atoms with E-state index in [1.54, 1.807) is 0 Å². The highest BCUT2D eigenvalue weighted by Gasteiger charge is 2.42. The molecule has 12 heteroatoms. The van der Waals surface area contributed by atoms with Crippen molar-refractivity contribution in [2.45, 2.75) is 89.3 Å². The molecule has 3 aromatic rings. The minimum Gasteiger partial charge on any atom is -0.453 e. The third kappa shape index (κ3) is 8.80. The molecule has 0 bridgehead atoms. The number of ether oxygens (including phenoxy) is 3. The minimum atomic E-state index is -0.663. The molecule has 1 unspecified atom stereocenters. The van der Waals surface area contributed by atoms with Crippen LogP contribution in [0.1, 0.15) is 88.6 Å². The van der Waals surface area contributed by atoms with Crippen LogP contribution >= 0.6 is 0 Å². The van der Waals surface area contributed by atoms with Crippen molar-refractivity contribution in [3.63, 3.8) is 0 Å². The molecule has 4 saturated heterocycles. The molecule has 0 radical (unpaired) electrons. The number of methoxy groups -OCH3 is 1. The molecule has 12 nitrogen and oxygen atoms in total. The Morgan fingerprint density at radius 1 is 0.831 bits per heavy atom. The number of H-pyrrole nitrogens is 1. The lowest BCUT2D eigenvalue weighted by Crippen LogP contribution is -2.55. The van der Waals surface area contributed by atoms with Crippen LogP contribution in [-0.2, 0) is 23.8 Å². The van der Waals surface area contributed by atoms with Gasteiger partial charge in [0.1, 0.15) is 11.9 Å². The van der Waals surface area contributed by atoms with Gasteiger partial charge in [0.05, 0.1) is 31.1 Å². The first-order chi connectivity index (χ1) is 28.8. The van der Waals surface area contributed by atoms with Crippen LogP contribution in [0, 0.1) is 17.8 Å². The second-order valence-electron chi connectivity index (χ2n) is 16.7. The number of rotatable bonds is 12. The van der Waals surface area contributed by atoms with E-state index >= 15 is 0 Å². The average molecular weight is 803 g/mol. The molecule has 0 aliphatic carbocycles. The second-order valence-corrected chi connectivity index (χ2v) is 16.7. The summed E-state index contributed by atoms with van der Waals surface area (Å²) in [6.45, 7) is 10.1. The molecular weight excluding hydrogens is 745 g/mol. The van der Waals surface area contributed by atoms with Crippen LogP contribution in [-0.4, -0.2) is 102 Å². The molecule has 3 amide bonds. The van der Waals surface area contributed by atoms with Gasteiger partial charge in [0, 0.05) is 69.7 Å². The number of hydrogen-bond donors (Lipinski definition) is 2. The Labute approximate surface area is 347 Å². The predicted octanol–water partition coefficient (Wildman–Crippen LogP) is 7.74. The van der Waals surface area contributed by atoms with Crippen LogP contribution in [0.15, 0.2) is 78.1 Å². The molecule has 8 rings (SSSR count). The van der Waals surface area contributed by atoms with E-state index in [2.05, 4.69) is 72.3 Å². The fraction of sp³-hybridized carbons (Fsp3) is 0.511. The van der Waals surface area contributed by atoms with Crippen molar-refractivity contribution in [3.05, 3.63) is 84.5 Å². The van der Waals surface area contributed by atoms with Crippen molar-refractivity contribution in [3.8, 4) is 22.4 Å². The number of amides is 3. The van der Waals surface area contributed by atoms with Gasteiger partial charge in [-0.3, -0.25) is 14.6 Å². The summed E-state index contributed by atoms with van der Waals surface area (Å²) in [5.74, 6) is 1.38. The van der Waals surface area contributed by atoms with Gasteiger partial charge in [-0.25, -0.2) is 9.78 Å². The Bertz CT molecular complexity index is 2040. The van der Waals surface area contributed by atoms with E-state index in [9.17, 15) is 14.4 Å². The number of nitrogens with one attached hydrogen (secondary N) is 2. The summed E-state index contributed by atoms with van der Waals surface area (Å²) < 4.78 is 16.0. The Kier molecular flexibility index (Phi) is 12.7. The molecule has 5 aliphatic rings. The third-order valence-electron chi connectivity index (χ3n) is 13.3. The highest BCUT2D eigenvalue weighted by atomic mass is 16.5. The lowest BCUT2D eigenvalue weighted by molar-refractivity contribution is -0.139. The molecule has 5 aliphatic heterocycles. The number of carbonyl (C=O) groups is 3. The van der Waals surface area contributed by atoms with E-state index in [4.69, 9.17) is 24.2 Å². The number of nitrogens with zero attached hydrogens (tertiary/aromatic N) is 4. The van der Waals surface area contributed by atoms with E-state index in [0.29, 0.717) is 51.4 Å². The fourth-order valence-corrected chi connectivity index (χ4v) is 9.85. The van der Waals surface area contributed by atoms with Gasteiger partial charge in [0.2, 0.25) is 11.8 Å². The predicted molar refractivity (Wildman–Crippen MR) is 227 cm³/mol. The molecule has 4 atom stereocenters. The summed E-state index contributed by atoms with van der Waals surface area (Å²) in [4.78, 5) is 57.6. The number of allylic oxidation sites excluding steroid dienone is 2. The molecule has 0 spiro atoms. The van der Waals surface area contributed by atoms with Crippen molar-refractivity contribution in [1.29, 1.82) is 0 Å². The first kappa shape index (κ1) is 40.7. The van der Waals surface area contributed by atoms with E-state index in [1.807, 2.05) is 22.1 Å². The van der Waals surface area contributed by atoms with Crippen molar-refractivity contribution >= 4 is 29.2 Å². The fourth-order valence-electron chi connectivity index (χ4n) is 9.85. The van der Waals surface area contributed by atoms with Crippen molar-refractivity contribution < 1.29 is 28.6 Å². The number of aliphatic imine (C=N–C) groups is 1. The molecule has 0 saturated carbocycles. The summed E-state index contributed by atoms with van der Waals surface area (Å²) >= 11 is 0. The Morgan fingerprint density at radius 3 is 2.03 bits per heavy atom. The van der Waals surface area contributed by atoms with E-state index in [1.165, 1.54) is 7.11 Å². The molecule has 2 aromatic carbocycles. The molecular formula is C47H58N6O6. The quantitative estimate of drug-likeness (QED) is 0.179. The first-order valence-corrected chi connectivity index (χ1v) is 21.6. The highest BCUT2D eigenvalue weighted by molar-refractivity contribution is 6.05. The normalized spacial score (nSPS) is 22.6. The second kappa shape index (κ2) is 18.5. The number of alkyl carbamates (subject to hydrolysis) is 1. The third-order valence-corrected chi connectivity index (χ3v) is 13.3. The maximum atomic E-state index is 14.2. The van der Waals surface area contributed by atoms with Crippen LogP contribution in [0.4, 0.5) is 4.79 Å². The lowest BCUT2D eigenvalue weighted by Gasteiger charge is -2.34. The van der Waals surface area contributed by atoms with Gasteiger partial charge in [-0.1, -0.05) is 61.5 Å². The van der Waals surface area contributed by atoms with E-state index in [-0.39, 0.29) is 35.7 Å². The average Bonchev–Trinajstić information content (AvgIpc) is 4.13. The maximum Gasteiger partial charge on any atom is 0.407 e. The summed E-state index contributed by atoms with van der Waals surface area (Å²) in [5, 5.41) is 2.86. The van der Waals surface area contributed by atoms with Gasteiger partial charge in [-0.05, 0) is 91.0 Å². The van der Waals surface area contributed by atoms with Gasteiger partial charge >= 0.3 is 6.09 Å². The smallest absolute Gasteiger partial charge is 0.407 e. The van der Waals surface area contributed by atoms with Crippen LogP contribution in [0.3, 0.4) is 0 Å². The van der Waals surface area contributed by atoms with Gasteiger partial charge in [0.25, 0.3) is 0 Å². The number of benzene rings is 2. The van der Waals surface area contributed by atoms with E-state index in [0.717, 1.165) is 109 Å². The summed E-state index contributed by atoms with van der Waals surface area (Å²) in [6, 6.07) is 16.3. The van der Waals surface area contributed by atoms with Gasteiger partial charge in [-0.2, -0.15) is 0 Å². The number of aromatic amines is 1. The number of hydrogen-bond acceptors (Lipinski definition) is 8. The van der Waals surface area contributed by atoms with E-state index < -0.39 is 12.1 Å². The molecule has 6 heterocycles. The van der Waals surface area contributed by atoms with Gasteiger partial charge in [-0.15, -0.1) is 6.58 Å². The van der Waals surface area contributed by atoms with Crippen LogP contribution in [0.2, 0.25) is 0 Å².